The molecule has 3 rings (SSSR count). The van der Waals surface area contributed by atoms with Crippen LogP contribution in [0.25, 0.3) is 11.3 Å². The molecule has 1 aliphatic carbocycles. The van der Waals surface area contributed by atoms with Crippen LogP contribution in [0.4, 0.5) is 5.82 Å². The summed E-state index contributed by atoms with van der Waals surface area (Å²) in [6.45, 7) is 0. The van der Waals surface area contributed by atoms with Crippen molar-refractivity contribution in [2.75, 3.05) is 12.8 Å². The summed E-state index contributed by atoms with van der Waals surface area (Å²) in [6.07, 6.45) is 9.03. The van der Waals surface area contributed by atoms with Gasteiger partial charge >= 0.3 is 0 Å². The molecule has 2 heterocycles. The first-order chi connectivity index (χ1) is 9.29. The van der Waals surface area contributed by atoms with Crippen molar-refractivity contribution in [1.29, 1.82) is 0 Å². The maximum Gasteiger partial charge on any atom is 0.132 e. The average Bonchev–Trinajstić information content (AvgIpc) is 3.07. The van der Waals surface area contributed by atoms with Crippen molar-refractivity contribution in [1.82, 2.24) is 14.5 Å². The van der Waals surface area contributed by atoms with Gasteiger partial charge in [0.05, 0.1) is 24.3 Å². The largest absolute Gasteiger partial charge is 0.383 e. The Balaban J connectivity index is 1.93. The fraction of sp³-hybridized carbons (Fsp3) is 0.429. The summed E-state index contributed by atoms with van der Waals surface area (Å²) in [7, 11) is 1.78. The van der Waals surface area contributed by atoms with Gasteiger partial charge in [-0.25, -0.2) is 9.97 Å². The van der Waals surface area contributed by atoms with Crippen molar-refractivity contribution in [3.8, 4) is 11.3 Å². The van der Waals surface area contributed by atoms with Gasteiger partial charge in [0.15, 0.2) is 0 Å². The number of anilines is 1. The minimum Gasteiger partial charge on any atom is -0.383 e. The normalized spacial score (nSPS) is 22.8. The molecular formula is C14H18N4O. The molecule has 0 radical (unpaired) electrons. The van der Waals surface area contributed by atoms with Crippen LogP contribution in [-0.2, 0) is 4.74 Å². The highest BCUT2D eigenvalue weighted by Crippen LogP contribution is 2.35. The number of pyridine rings is 1. The summed E-state index contributed by atoms with van der Waals surface area (Å²) < 4.78 is 7.64. The van der Waals surface area contributed by atoms with Crippen molar-refractivity contribution in [2.45, 2.75) is 31.4 Å². The molecular weight excluding hydrogens is 240 g/mol. The van der Waals surface area contributed by atoms with Gasteiger partial charge in [-0.1, -0.05) is 0 Å². The van der Waals surface area contributed by atoms with E-state index in [2.05, 4.69) is 14.5 Å². The summed E-state index contributed by atoms with van der Waals surface area (Å²) in [5.41, 5.74) is 7.94. The maximum absolute atomic E-state index is 5.96. The Morgan fingerprint density at radius 3 is 3.05 bits per heavy atom. The number of nitrogens with two attached hydrogens (primary N) is 1. The van der Waals surface area contributed by atoms with E-state index in [0.717, 1.165) is 30.5 Å². The Hall–Kier alpha value is -1.88. The molecule has 0 spiro atoms. The van der Waals surface area contributed by atoms with Gasteiger partial charge in [-0.3, -0.25) is 0 Å². The third-order valence-electron chi connectivity index (χ3n) is 3.86. The monoisotopic (exact) mass is 258 g/mol. The summed E-state index contributed by atoms with van der Waals surface area (Å²) in [5, 5.41) is 0. The first kappa shape index (κ1) is 12.2. The molecule has 2 aromatic rings. The number of methoxy groups -OCH3 is 1. The molecule has 0 amide bonds. The molecule has 19 heavy (non-hydrogen) atoms. The molecule has 100 valence electrons. The molecule has 5 nitrogen and oxygen atoms in total. The summed E-state index contributed by atoms with van der Waals surface area (Å²) in [5.74, 6) is 0.547. The Kier molecular flexibility index (Phi) is 3.21. The number of nitrogens with zero attached hydrogens (tertiary/aromatic N) is 3. The second kappa shape index (κ2) is 5.01. The van der Waals surface area contributed by atoms with E-state index in [9.17, 15) is 0 Å². The first-order valence-corrected chi connectivity index (χ1v) is 6.55. The van der Waals surface area contributed by atoms with Gasteiger partial charge in [-0.15, -0.1) is 0 Å². The van der Waals surface area contributed by atoms with Crippen molar-refractivity contribution >= 4 is 5.82 Å². The maximum atomic E-state index is 5.96. The van der Waals surface area contributed by atoms with E-state index in [0.29, 0.717) is 18.0 Å². The van der Waals surface area contributed by atoms with Crippen molar-refractivity contribution < 1.29 is 4.74 Å². The van der Waals surface area contributed by atoms with Crippen LogP contribution in [0.1, 0.15) is 25.3 Å². The smallest absolute Gasteiger partial charge is 0.132 e. The van der Waals surface area contributed by atoms with Crippen molar-refractivity contribution in [2.24, 2.45) is 0 Å². The van der Waals surface area contributed by atoms with Gasteiger partial charge < -0.3 is 15.0 Å². The van der Waals surface area contributed by atoms with Gasteiger partial charge in [-0.2, -0.15) is 0 Å². The van der Waals surface area contributed by atoms with Crippen LogP contribution in [-0.4, -0.2) is 27.7 Å². The average molecular weight is 258 g/mol. The molecule has 0 aromatic carbocycles. The lowest BCUT2D eigenvalue weighted by Crippen LogP contribution is -2.09. The topological polar surface area (TPSA) is 66.0 Å². The Morgan fingerprint density at radius 1 is 1.42 bits per heavy atom. The Bertz CT molecular complexity index is 566. The number of nitrogen functional groups attached to an aromatic ring is 1. The molecule has 5 heteroatoms. The van der Waals surface area contributed by atoms with E-state index in [-0.39, 0.29) is 0 Å². The van der Waals surface area contributed by atoms with E-state index in [1.807, 2.05) is 24.7 Å². The van der Waals surface area contributed by atoms with Gasteiger partial charge in [0, 0.05) is 24.9 Å². The fourth-order valence-electron chi connectivity index (χ4n) is 2.82. The quantitative estimate of drug-likeness (QED) is 0.917. The van der Waals surface area contributed by atoms with Crippen LogP contribution in [0.5, 0.6) is 0 Å². The van der Waals surface area contributed by atoms with Crippen LogP contribution in [0.2, 0.25) is 0 Å². The second-order valence-corrected chi connectivity index (χ2v) is 4.95. The predicted molar refractivity (Wildman–Crippen MR) is 73.6 cm³/mol. The number of imidazole rings is 1. The van der Waals surface area contributed by atoms with E-state index < -0.39 is 0 Å². The highest BCUT2D eigenvalue weighted by molar-refractivity contribution is 5.70. The lowest BCUT2D eigenvalue weighted by Gasteiger charge is -2.16. The van der Waals surface area contributed by atoms with Crippen LogP contribution in [0, 0.1) is 0 Å². The minimum atomic E-state index is 0.353. The number of hydrogen-bond acceptors (Lipinski definition) is 4. The zero-order valence-corrected chi connectivity index (χ0v) is 11.0. The van der Waals surface area contributed by atoms with E-state index in [1.165, 1.54) is 0 Å². The zero-order chi connectivity index (χ0) is 13.2. The Labute approximate surface area is 112 Å². The minimum absolute atomic E-state index is 0.353. The molecule has 0 aliphatic heterocycles. The molecule has 1 saturated carbocycles. The second-order valence-electron chi connectivity index (χ2n) is 4.95. The molecule has 2 aromatic heterocycles. The lowest BCUT2D eigenvalue weighted by molar-refractivity contribution is 0.106. The van der Waals surface area contributed by atoms with Crippen LogP contribution < -0.4 is 5.73 Å². The SMILES string of the molecule is COC1CCC(n2cncc2-c2cccnc2N)C1. The Morgan fingerprint density at radius 2 is 2.32 bits per heavy atom. The third-order valence-corrected chi connectivity index (χ3v) is 3.86. The molecule has 2 unspecified atom stereocenters. The van der Waals surface area contributed by atoms with Crippen molar-refractivity contribution in [3.63, 3.8) is 0 Å². The van der Waals surface area contributed by atoms with Gasteiger partial charge in [0.2, 0.25) is 0 Å². The van der Waals surface area contributed by atoms with Crippen LogP contribution in [0.3, 0.4) is 0 Å². The molecule has 0 bridgehead atoms. The molecule has 1 fully saturated rings. The zero-order valence-electron chi connectivity index (χ0n) is 11.0. The predicted octanol–water partition coefficient (Wildman–Crippen LogP) is 2.27. The molecule has 2 atom stereocenters. The number of rotatable bonds is 3. The summed E-state index contributed by atoms with van der Waals surface area (Å²) >= 11 is 0. The van der Waals surface area contributed by atoms with Crippen LogP contribution in [0.15, 0.2) is 30.9 Å². The number of ether oxygens (including phenoxy) is 1. The van der Waals surface area contributed by atoms with E-state index >= 15 is 0 Å². The molecule has 2 N–H and O–H groups in total. The van der Waals surface area contributed by atoms with Crippen molar-refractivity contribution in [3.05, 3.63) is 30.9 Å². The highest BCUT2D eigenvalue weighted by atomic mass is 16.5. The van der Waals surface area contributed by atoms with E-state index in [4.69, 9.17) is 10.5 Å². The van der Waals surface area contributed by atoms with Gasteiger partial charge in [0.1, 0.15) is 5.82 Å². The van der Waals surface area contributed by atoms with Gasteiger partial charge in [0.25, 0.3) is 0 Å². The molecule has 0 saturated heterocycles. The van der Waals surface area contributed by atoms with Gasteiger partial charge in [-0.05, 0) is 31.4 Å². The number of hydrogen-bond donors (Lipinski definition) is 1. The van der Waals surface area contributed by atoms with Crippen LogP contribution >= 0.6 is 0 Å². The highest BCUT2D eigenvalue weighted by Gasteiger charge is 2.27. The standard InChI is InChI=1S/C14H18N4O/c1-19-11-5-4-10(7-11)18-9-16-8-13(18)12-3-2-6-17-14(12)15/h2-3,6,8-11H,4-5,7H2,1H3,(H2,15,17). The van der Waals surface area contributed by atoms with E-state index in [1.54, 1.807) is 13.3 Å². The first-order valence-electron chi connectivity index (χ1n) is 6.55. The molecule has 1 aliphatic rings. The lowest BCUT2D eigenvalue weighted by atomic mass is 10.1. The third kappa shape index (κ3) is 2.21. The number of aromatic nitrogens is 3. The fourth-order valence-corrected chi connectivity index (χ4v) is 2.82. The summed E-state index contributed by atoms with van der Waals surface area (Å²) in [4.78, 5) is 8.42. The summed E-state index contributed by atoms with van der Waals surface area (Å²) in [6, 6.07) is 4.32.